The third-order valence-electron chi connectivity index (χ3n) is 6.88. The maximum atomic E-state index is 14.8. The van der Waals surface area contributed by atoms with Crippen LogP contribution in [0.5, 0.6) is 5.75 Å². The van der Waals surface area contributed by atoms with Crippen LogP contribution in [0, 0.1) is 11.7 Å². The van der Waals surface area contributed by atoms with E-state index in [1.54, 1.807) is 37.4 Å². The molecule has 3 N–H and O–H groups in total. The van der Waals surface area contributed by atoms with Gasteiger partial charge in [-0.3, -0.25) is 4.79 Å². The van der Waals surface area contributed by atoms with Gasteiger partial charge in [-0.25, -0.2) is 19.1 Å². The van der Waals surface area contributed by atoms with E-state index in [9.17, 15) is 19.1 Å². The van der Waals surface area contributed by atoms with Crippen LogP contribution in [0.1, 0.15) is 24.8 Å². The van der Waals surface area contributed by atoms with Gasteiger partial charge in [0.25, 0.3) is 0 Å². The van der Waals surface area contributed by atoms with E-state index in [-0.39, 0.29) is 29.8 Å². The van der Waals surface area contributed by atoms with Crippen LogP contribution in [0.3, 0.4) is 0 Å². The Kier molecular flexibility index (Phi) is 11.0. The third-order valence-corrected chi connectivity index (χ3v) is 6.88. The van der Waals surface area contributed by atoms with E-state index >= 15 is 0 Å². The number of likely N-dealkylation sites (tertiary alicyclic amines) is 1. The molecule has 2 amide bonds. The molecule has 3 aromatic rings. The number of carboxylic acid groups (broad SMARTS) is 1. The van der Waals surface area contributed by atoms with E-state index in [4.69, 9.17) is 9.47 Å². The van der Waals surface area contributed by atoms with Gasteiger partial charge in [-0.1, -0.05) is 12.1 Å². The number of aromatic nitrogens is 2. The van der Waals surface area contributed by atoms with Gasteiger partial charge in [-0.05, 0) is 62.7 Å². The highest BCUT2D eigenvalue weighted by atomic mass is 19.1. The second kappa shape index (κ2) is 15.1. The summed E-state index contributed by atoms with van der Waals surface area (Å²) in [5.74, 6) is 0.102. The number of benzene rings is 2. The topological polar surface area (TPSA) is 129 Å². The molecule has 42 heavy (non-hydrogen) atoms. The zero-order valence-corrected chi connectivity index (χ0v) is 23.9. The molecule has 1 saturated heterocycles. The van der Waals surface area contributed by atoms with Gasteiger partial charge in [0, 0.05) is 56.6 Å². The number of hydrogen-bond acceptors (Lipinski definition) is 8. The summed E-state index contributed by atoms with van der Waals surface area (Å²) in [7, 11) is 3.64. The number of carbonyl (C=O) groups is 2. The fraction of sp³-hybridized carbons (Fsp3) is 0.400. The second-order valence-corrected chi connectivity index (χ2v) is 10.2. The van der Waals surface area contributed by atoms with E-state index < -0.39 is 11.9 Å². The third kappa shape index (κ3) is 8.85. The molecule has 1 aromatic heterocycles. The number of carbonyl (C=O) groups excluding carboxylic acids is 1. The van der Waals surface area contributed by atoms with Crippen molar-refractivity contribution in [3.05, 3.63) is 66.1 Å². The Hall–Kier alpha value is -4.29. The molecule has 1 aliphatic heterocycles. The highest BCUT2D eigenvalue weighted by Crippen LogP contribution is 2.28. The number of rotatable bonds is 13. The van der Waals surface area contributed by atoms with Gasteiger partial charge in [0.15, 0.2) is 11.6 Å². The van der Waals surface area contributed by atoms with E-state index in [0.717, 1.165) is 36.4 Å². The zero-order chi connectivity index (χ0) is 29.9. The molecule has 0 spiro atoms. The number of hydrogen-bond donors (Lipinski definition) is 3. The highest BCUT2D eigenvalue weighted by Gasteiger charge is 2.21. The maximum Gasteiger partial charge on any atom is 0.417 e. The van der Waals surface area contributed by atoms with E-state index in [1.165, 1.54) is 18.3 Å². The SMILES string of the molecule is COCCNC(=O)CCc1cccc(N(C(=O)O)c2ccnc(Nc3ccc(OCC4CCCN(C)C4)c(F)c3)n2)c1. The molecular weight excluding hydrogens is 543 g/mol. The Bertz CT molecular complexity index is 1360. The fourth-order valence-electron chi connectivity index (χ4n) is 4.81. The molecule has 224 valence electrons. The molecular formula is C30H37FN6O5. The van der Waals surface area contributed by atoms with Gasteiger partial charge in [0.05, 0.1) is 18.9 Å². The van der Waals surface area contributed by atoms with Crippen molar-refractivity contribution in [2.75, 3.05) is 57.2 Å². The minimum atomic E-state index is -1.24. The monoisotopic (exact) mass is 580 g/mol. The number of piperidine rings is 1. The van der Waals surface area contributed by atoms with Crippen molar-refractivity contribution in [1.82, 2.24) is 20.2 Å². The van der Waals surface area contributed by atoms with Gasteiger partial charge in [0.2, 0.25) is 11.9 Å². The van der Waals surface area contributed by atoms with Crippen LogP contribution in [-0.4, -0.2) is 79.0 Å². The van der Waals surface area contributed by atoms with Crippen LogP contribution in [0.15, 0.2) is 54.7 Å². The Morgan fingerprint density at radius 2 is 2.07 bits per heavy atom. The smallest absolute Gasteiger partial charge is 0.417 e. The minimum absolute atomic E-state index is 0.0981. The number of methoxy groups -OCH3 is 1. The number of amides is 2. The number of halogens is 1. The largest absolute Gasteiger partial charge is 0.490 e. The van der Waals surface area contributed by atoms with Crippen molar-refractivity contribution in [2.24, 2.45) is 5.92 Å². The zero-order valence-electron chi connectivity index (χ0n) is 23.9. The van der Waals surface area contributed by atoms with Crippen LogP contribution >= 0.6 is 0 Å². The van der Waals surface area contributed by atoms with Crippen molar-refractivity contribution in [3.63, 3.8) is 0 Å². The molecule has 1 fully saturated rings. The first-order chi connectivity index (χ1) is 20.3. The standard InChI is InChI=1S/C30H37FN6O5/c1-36-15-4-6-22(19-36)20-42-26-10-9-23(18-25(26)31)34-29-33-13-12-27(35-29)37(30(39)40)24-7-3-5-21(17-24)8-11-28(38)32-14-16-41-2/h3,5,7,9-10,12-13,17-18,22H,4,6,8,11,14-16,19-20H2,1-2H3,(H,32,38)(H,39,40)(H,33,34,35). The summed E-state index contributed by atoms with van der Waals surface area (Å²) >= 11 is 0. The summed E-state index contributed by atoms with van der Waals surface area (Å²) in [5.41, 5.74) is 1.55. The molecule has 4 rings (SSSR count). The minimum Gasteiger partial charge on any atom is -0.490 e. The Balaban J connectivity index is 1.41. The number of aryl methyl sites for hydroxylation is 1. The molecule has 1 unspecified atom stereocenters. The quantitative estimate of drug-likeness (QED) is 0.249. The second-order valence-electron chi connectivity index (χ2n) is 10.2. The molecule has 1 atom stereocenters. The Morgan fingerprint density at radius 3 is 2.83 bits per heavy atom. The molecule has 0 bridgehead atoms. The molecule has 12 heteroatoms. The average Bonchev–Trinajstić information content (AvgIpc) is 2.96. The molecule has 0 aliphatic carbocycles. The summed E-state index contributed by atoms with van der Waals surface area (Å²) in [6.45, 7) is 3.31. The number of ether oxygens (including phenoxy) is 2. The molecule has 2 heterocycles. The number of nitrogens with zero attached hydrogens (tertiary/aromatic N) is 4. The Labute approximate surface area is 244 Å². The van der Waals surface area contributed by atoms with Gasteiger partial charge in [-0.2, -0.15) is 4.98 Å². The summed E-state index contributed by atoms with van der Waals surface area (Å²) in [6.07, 6.45) is 3.02. The van der Waals surface area contributed by atoms with Crippen LogP contribution < -0.4 is 20.3 Å². The van der Waals surface area contributed by atoms with Crippen LogP contribution in [0.25, 0.3) is 0 Å². The fourth-order valence-corrected chi connectivity index (χ4v) is 4.81. The van der Waals surface area contributed by atoms with Crippen molar-refractivity contribution in [1.29, 1.82) is 0 Å². The van der Waals surface area contributed by atoms with Crippen LogP contribution in [0.2, 0.25) is 0 Å². The van der Waals surface area contributed by atoms with Gasteiger partial charge >= 0.3 is 6.09 Å². The lowest BCUT2D eigenvalue weighted by Gasteiger charge is -2.29. The van der Waals surface area contributed by atoms with Crippen LogP contribution in [-0.2, 0) is 16.0 Å². The lowest BCUT2D eigenvalue weighted by atomic mass is 10.00. The van der Waals surface area contributed by atoms with Crippen molar-refractivity contribution >= 4 is 35.1 Å². The first-order valence-electron chi connectivity index (χ1n) is 13.9. The van der Waals surface area contributed by atoms with Gasteiger partial charge in [0.1, 0.15) is 5.82 Å². The average molecular weight is 581 g/mol. The van der Waals surface area contributed by atoms with Gasteiger partial charge in [-0.15, -0.1) is 0 Å². The molecule has 0 radical (unpaired) electrons. The first-order valence-corrected chi connectivity index (χ1v) is 13.9. The predicted molar refractivity (Wildman–Crippen MR) is 157 cm³/mol. The molecule has 0 saturated carbocycles. The first kappa shape index (κ1) is 30.7. The Morgan fingerprint density at radius 1 is 1.21 bits per heavy atom. The van der Waals surface area contributed by atoms with E-state index in [1.807, 2.05) is 6.07 Å². The van der Waals surface area contributed by atoms with E-state index in [0.29, 0.717) is 43.5 Å². The summed E-state index contributed by atoms with van der Waals surface area (Å²) in [4.78, 5) is 36.1. The van der Waals surface area contributed by atoms with Gasteiger partial charge < -0.3 is 30.1 Å². The number of nitrogens with one attached hydrogen (secondary N) is 2. The summed E-state index contributed by atoms with van der Waals surface area (Å²) in [6, 6.07) is 12.9. The highest BCUT2D eigenvalue weighted by molar-refractivity contribution is 5.93. The van der Waals surface area contributed by atoms with E-state index in [2.05, 4.69) is 32.5 Å². The molecule has 1 aliphatic rings. The molecule has 11 nitrogen and oxygen atoms in total. The maximum absolute atomic E-state index is 14.8. The number of anilines is 4. The lowest BCUT2D eigenvalue weighted by Crippen LogP contribution is -2.34. The predicted octanol–water partition coefficient (Wildman–Crippen LogP) is 4.59. The normalized spacial score (nSPS) is 15.2. The summed E-state index contributed by atoms with van der Waals surface area (Å²) in [5, 5.41) is 15.7. The van der Waals surface area contributed by atoms with Crippen LogP contribution in [0.4, 0.5) is 32.3 Å². The van der Waals surface area contributed by atoms with Crippen molar-refractivity contribution in [2.45, 2.75) is 25.7 Å². The lowest BCUT2D eigenvalue weighted by molar-refractivity contribution is -0.121. The summed E-state index contributed by atoms with van der Waals surface area (Å²) < 4.78 is 25.5. The molecule has 2 aromatic carbocycles. The van der Waals surface area contributed by atoms with Crippen molar-refractivity contribution < 1.29 is 28.6 Å². The van der Waals surface area contributed by atoms with Crippen molar-refractivity contribution in [3.8, 4) is 5.75 Å².